The van der Waals surface area contributed by atoms with Gasteiger partial charge >= 0.3 is 0 Å². The molecule has 3 saturated heterocycles. The number of fused-ring (bicyclic) bond motifs is 1. The maximum absolute atomic E-state index is 13.9. The molecule has 0 aliphatic carbocycles. The van der Waals surface area contributed by atoms with Crippen LogP contribution in [0.15, 0.2) is 30.5 Å². The van der Waals surface area contributed by atoms with Gasteiger partial charge in [-0.15, -0.1) is 0 Å². The largest absolute Gasteiger partial charge is 0.396 e. The highest BCUT2D eigenvalue weighted by atomic mass is 35.5. The van der Waals surface area contributed by atoms with Crippen molar-refractivity contribution in [3.63, 3.8) is 0 Å². The van der Waals surface area contributed by atoms with Crippen molar-refractivity contribution < 1.29 is 24.6 Å². The predicted molar refractivity (Wildman–Crippen MR) is 173 cm³/mol. The fourth-order valence-corrected chi connectivity index (χ4v) is 7.93. The Morgan fingerprint density at radius 3 is 2.40 bits per heavy atom. The number of aliphatic hydroxyl groups excluding tert-OH is 2. The van der Waals surface area contributed by atoms with Gasteiger partial charge in [0.25, 0.3) is 5.91 Å². The maximum Gasteiger partial charge on any atom is 0.255 e. The number of rotatable bonds is 9. The quantitative estimate of drug-likeness (QED) is 0.433. The molecule has 5 rings (SSSR count). The molecule has 10 nitrogen and oxygen atoms in total. The van der Waals surface area contributed by atoms with E-state index in [9.17, 15) is 24.6 Å². The SMILES string of the molecule is CC(=O)N1CCC(C(=O)N(CCCN2CC3CN(C(=O)c4c(C)ccnc4C)CC3(CO)C2CO)c2ccc(C)c(Cl)c2)CC1. The van der Waals surface area contributed by atoms with Gasteiger partial charge in [-0.25, -0.2) is 0 Å². The van der Waals surface area contributed by atoms with Crippen molar-refractivity contribution in [2.24, 2.45) is 17.3 Å². The predicted octanol–water partition coefficient (Wildman–Crippen LogP) is 3.07. The number of carbonyl (C=O) groups excluding carboxylic acids is 3. The molecule has 11 heteroatoms. The molecule has 2 N–H and O–H groups in total. The number of carbonyl (C=O) groups is 3. The number of nitrogens with zero attached hydrogens (tertiary/aromatic N) is 5. The molecule has 3 unspecified atom stereocenters. The summed E-state index contributed by atoms with van der Waals surface area (Å²) in [6.07, 6.45) is 3.61. The highest BCUT2D eigenvalue weighted by molar-refractivity contribution is 6.31. The number of pyridine rings is 1. The van der Waals surface area contributed by atoms with E-state index in [2.05, 4.69) is 9.88 Å². The standard InChI is InChI=1S/C34H46ClN5O5/c1-22-6-7-28(16-29(22)35)40(32(44)26-9-14-37(15-10-26)25(4)43)13-5-12-38-17-27-18-39(20-34(27,21-42)30(38)19-41)33(45)31-23(2)8-11-36-24(31)3/h6-8,11,16,26-27,30,41-42H,5,9-10,12-15,17-21H2,1-4H3. The van der Waals surface area contributed by atoms with E-state index >= 15 is 0 Å². The van der Waals surface area contributed by atoms with Gasteiger partial charge in [0.15, 0.2) is 0 Å². The monoisotopic (exact) mass is 639 g/mol. The zero-order chi connectivity index (χ0) is 32.5. The van der Waals surface area contributed by atoms with E-state index in [1.54, 1.807) is 18.0 Å². The molecule has 2 aromatic rings. The summed E-state index contributed by atoms with van der Waals surface area (Å²) in [6.45, 7) is 10.8. The third-order valence-corrected chi connectivity index (χ3v) is 10.9. The van der Waals surface area contributed by atoms with Crippen molar-refractivity contribution in [3.8, 4) is 0 Å². The number of hydrogen-bond acceptors (Lipinski definition) is 7. The molecular formula is C34H46ClN5O5. The summed E-state index contributed by atoms with van der Waals surface area (Å²) in [7, 11) is 0. The molecule has 1 aromatic heterocycles. The number of hydrogen-bond donors (Lipinski definition) is 2. The summed E-state index contributed by atoms with van der Waals surface area (Å²) in [5.74, 6) is -0.167. The van der Waals surface area contributed by atoms with Crippen LogP contribution in [0.5, 0.6) is 0 Å². The first kappa shape index (κ1) is 33.3. The number of likely N-dealkylation sites (tertiary alicyclic amines) is 3. The summed E-state index contributed by atoms with van der Waals surface area (Å²) < 4.78 is 0. The lowest BCUT2D eigenvalue weighted by Crippen LogP contribution is -2.49. The minimum Gasteiger partial charge on any atom is -0.396 e. The average molecular weight is 640 g/mol. The Balaban J connectivity index is 1.27. The number of amides is 3. The van der Waals surface area contributed by atoms with Crippen molar-refractivity contribution in [1.29, 1.82) is 0 Å². The number of piperidine rings is 1. The van der Waals surface area contributed by atoms with Crippen LogP contribution >= 0.6 is 11.6 Å². The molecule has 0 spiro atoms. The van der Waals surface area contributed by atoms with Gasteiger partial charge in [0, 0.05) is 92.9 Å². The first-order valence-electron chi connectivity index (χ1n) is 16.0. The number of aliphatic hydroxyl groups is 2. The molecule has 0 radical (unpaired) electrons. The van der Waals surface area contributed by atoms with E-state index in [4.69, 9.17) is 11.6 Å². The van der Waals surface area contributed by atoms with E-state index in [0.29, 0.717) is 81.4 Å². The lowest BCUT2D eigenvalue weighted by Gasteiger charge is -2.36. The number of anilines is 1. The van der Waals surface area contributed by atoms with E-state index in [1.807, 2.05) is 54.8 Å². The zero-order valence-corrected chi connectivity index (χ0v) is 27.6. The molecule has 1 aromatic carbocycles. The van der Waals surface area contributed by atoms with Crippen molar-refractivity contribution in [2.45, 2.75) is 53.0 Å². The van der Waals surface area contributed by atoms with Crippen LogP contribution < -0.4 is 4.90 Å². The Bertz CT molecular complexity index is 1410. The highest BCUT2D eigenvalue weighted by Crippen LogP contribution is 2.47. The lowest BCUT2D eigenvalue weighted by molar-refractivity contribution is -0.133. The van der Waals surface area contributed by atoms with Crippen molar-refractivity contribution in [2.75, 3.05) is 63.9 Å². The molecule has 3 fully saturated rings. The number of benzene rings is 1. The van der Waals surface area contributed by atoms with Crippen LogP contribution in [0.25, 0.3) is 0 Å². The number of aryl methyl sites for hydroxylation is 3. The molecule has 244 valence electrons. The summed E-state index contributed by atoms with van der Waals surface area (Å²) in [5, 5.41) is 21.9. The third kappa shape index (κ3) is 6.48. The van der Waals surface area contributed by atoms with Gasteiger partial charge in [-0.3, -0.25) is 24.3 Å². The highest BCUT2D eigenvalue weighted by Gasteiger charge is 2.58. The minimum atomic E-state index is -0.626. The zero-order valence-electron chi connectivity index (χ0n) is 26.8. The van der Waals surface area contributed by atoms with Crippen LogP contribution in [0, 0.1) is 38.0 Å². The van der Waals surface area contributed by atoms with Crippen LogP contribution in [0.4, 0.5) is 5.69 Å². The van der Waals surface area contributed by atoms with Gasteiger partial charge in [-0.05, 0) is 69.4 Å². The normalized spacial score (nSPS) is 23.8. The topological polar surface area (TPSA) is 118 Å². The number of aromatic nitrogens is 1. The van der Waals surface area contributed by atoms with E-state index in [0.717, 1.165) is 16.8 Å². The lowest BCUT2D eigenvalue weighted by atomic mass is 9.76. The molecule has 3 amide bonds. The van der Waals surface area contributed by atoms with Crippen molar-refractivity contribution in [1.82, 2.24) is 19.7 Å². The third-order valence-electron chi connectivity index (χ3n) is 10.5. The van der Waals surface area contributed by atoms with Gasteiger partial charge < -0.3 is 24.9 Å². The summed E-state index contributed by atoms with van der Waals surface area (Å²) in [4.78, 5) is 51.3. The van der Waals surface area contributed by atoms with Crippen molar-refractivity contribution >= 4 is 35.0 Å². The van der Waals surface area contributed by atoms with Gasteiger partial charge in [-0.2, -0.15) is 0 Å². The van der Waals surface area contributed by atoms with Gasteiger partial charge in [0.2, 0.25) is 11.8 Å². The van der Waals surface area contributed by atoms with E-state index in [-0.39, 0.29) is 48.8 Å². The minimum absolute atomic E-state index is 0.0148. The van der Waals surface area contributed by atoms with Crippen LogP contribution in [0.2, 0.25) is 5.02 Å². The van der Waals surface area contributed by atoms with Crippen molar-refractivity contribution in [3.05, 3.63) is 57.9 Å². The Morgan fingerprint density at radius 1 is 1.04 bits per heavy atom. The Labute approximate surface area is 270 Å². The summed E-state index contributed by atoms with van der Waals surface area (Å²) in [6, 6.07) is 7.22. The molecule has 4 heterocycles. The van der Waals surface area contributed by atoms with E-state index < -0.39 is 5.41 Å². The van der Waals surface area contributed by atoms with Gasteiger partial charge in [-0.1, -0.05) is 17.7 Å². The van der Waals surface area contributed by atoms with Crippen LogP contribution in [0.3, 0.4) is 0 Å². The molecule has 0 bridgehead atoms. The van der Waals surface area contributed by atoms with E-state index in [1.165, 1.54) is 0 Å². The molecule has 0 saturated carbocycles. The molecule has 3 atom stereocenters. The fourth-order valence-electron chi connectivity index (χ4n) is 7.76. The van der Waals surface area contributed by atoms with Gasteiger partial charge in [0.05, 0.1) is 24.5 Å². The molecule has 3 aliphatic heterocycles. The fraction of sp³-hybridized carbons (Fsp3) is 0.588. The maximum atomic E-state index is 13.9. The summed E-state index contributed by atoms with van der Waals surface area (Å²) in [5.41, 5.74) is 3.24. The smallest absolute Gasteiger partial charge is 0.255 e. The Hall–Kier alpha value is -3.05. The number of halogens is 1. The molecular weight excluding hydrogens is 594 g/mol. The second kappa shape index (κ2) is 13.7. The average Bonchev–Trinajstić information content (AvgIpc) is 3.53. The van der Waals surface area contributed by atoms with Crippen LogP contribution in [0.1, 0.15) is 53.4 Å². The van der Waals surface area contributed by atoms with Crippen LogP contribution in [-0.2, 0) is 9.59 Å². The summed E-state index contributed by atoms with van der Waals surface area (Å²) >= 11 is 6.48. The Kier molecular flexibility index (Phi) is 10.2. The first-order valence-corrected chi connectivity index (χ1v) is 16.4. The second-order valence-corrected chi connectivity index (χ2v) is 13.5. The Morgan fingerprint density at radius 2 is 1.78 bits per heavy atom. The second-order valence-electron chi connectivity index (χ2n) is 13.1. The molecule has 3 aliphatic rings. The van der Waals surface area contributed by atoms with Crippen LogP contribution in [-0.4, -0.2) is 113 Å². The van der Waals surface area contributed by atoms with Gasteiger partial charge in [0.1, 0.15) is 0 Å². The first-order chi connectivity index (χ1) is 21.5. The molecule has 45 heavy (non-hydrogen) atoms.